The quantitative estimate of drug-likeness (QED) is 0.418. The predicted octanol–water partition coefficient (Wildman–Crippen LogP) is 4.33. The number of carbonyl (C=O) groups excluding carboxylic acids is 1. The maximum Gasteiger partial charge on any atom is 0.234 e. The van der Waals surface area contributed by atoms with Gasteiger partial charge in [-0.3, -0.25) is 4.79 Å². The topological polar surface area (TPSA) is 79.8 Å². The van der Waals surface area contributed by atoms with Crippen molar-refractivity contribution in [2.24, 2.45) is 0 Å². The van der Waals surface area contributed by atoms with E-state index in [0.29, 0.717) is 30.4 Å². The van der Waals surface area contributed by atoms with Gasteiger partial charge in [0.1, 0.15) is 16.5 Å². The smallest absolute Gasteiger partial charge is 0.234 e. The van der Waals surface area contributed by atoms with Crippen LogP contribution in [0.1, 0.15) is 13.8 Å². The van der Waals surface area contributed by atoms with Gasteiger partial charge in [0, 0.05) is 50.3 Å². The summed E-state index contributed by atoms with van der Waals surface area (Å²) in [6.07, 6.45) is 3.37. The lowest BCUT2D eigenvalue weighted by atomic mass is 10.2. The summed E-state index contributed by atoms with van der Waals surface area (Å²) < 4.78 is 11.2. The number of piperazine rings is 1. The fourth-order valence-electron chi connectivity index (χ4n) is 3.92. The van der Waals surface area contributed by atoms with E-state index in [1.54, 1.807) is 18.5 Å². The summed E-state index contributed by atoms with van der Waals surface area (Å²) in [5.41, 5.74) is 1.83. The van der Waals surface area contributed by atoms with E-state index in [1.807, 2.05) is 32.0 Å². The number of para-hydroxylation sites is 1. The Bertz CT molecular complexity index is 1110. The van der Waals surface area contributed by atoms with E-state index in [9.17, 15) is 4.79 Å². The lowest BCUT2D eigenvalue weighted by Gasteiger charge is -2.37. The van der Waals surface area contributed by atoms with E-state index in [1.165, 1.54) is 17.4 Å². The first-order chi connectivity index (χ1) is 17.2. The highest BCUT2D eigenvalue weighted by Crippen LogP contribution is 2.31. The molecule has 2 heterocycles. The third-order valence-electron chi connectivity index (χ3n) is 5.52. The molecule has 1 N–H and O–H groups in total. The van der Waals surface area contributed by atoms with Crippen molar-refractivity contribution in [1.29, 1.82) is 0 Å². The van der Waals surface area contributed by atoms with Gasteiger partial charge in [0.05, 0.1) is 24.7 Å². The van der Waals surface area contributed by atoms with Crippen LogP contribution in [0.3, 0.4) is 0 Å². The molecule has 0 unspecified atom stereocenters. The van der Waals surface area contributed by atoms with E-state index < -0.39 is 0 Å². The molecule has 0 bridgehead atoms. The molecular formula is C26H31N5O3S. The van der Waals surface area contributed by atoms with E-state index in [-0.39, 0.29) is 11.7 Å². The number of amides is 1. The fraction of sp³-hybridized carbons (Fsp3) is 0.346. The molecule has 0 spiro atoms. The largest absolute Gasteiger partial charge is 0.494 e. The molecule has 8 nitrogen and oxygen atoms in total. The zero-order valence-corrected chi connectivity index (χ0v) is 21.0. The number of nitrogens with one attached hydrogen (secondary N) is 1. The maximum absolute atomic E-state index is 12.8. The van der Waals surface area contributed by atoms with Gasteiger partial charge in [0.2, 0.25) is 5.91 Å². The number of carbonyl (C=O) groups is 1. The lowest BCUT2D eigenvalue weighted by molar-refractivity contribution is -0.113. The molecule has 184 valence electrons. The minimum Gasteiger partial charge on any atom is -0.494 e. The van der Waals surface area contributed by atoms with Gasteiger partial charge in [0.15, 0.2) is 5.82 Å². The summed E-state index contributed by atoms with van der Waals surface area (Å²) in [5.74, 6) is 2.19. The minimum absolute atomic E-state index is 0.143. The summed E-state index contributed by atoms with van der Waals surface area (Å²) >= 11 is 1.39. The molecule has 1 aliphatic rings. The number of nitrogens with zero attached hydrogens (tertiary/aromatic N) is 4. The van der Waals surface area contributed by atoms with Gasteiger partial charge in [-0.1, -0.05) is 30.0 Å². The number of rotatable bonds is 10. The molecule has 1 aliphatic heterocycles. The van der Waals surface area contributed by atoms with Crippen molar-refractivity contribution in [2.75, 3.05) is 60.3 Å². The lowest BCUT2D eigenvalue weighted by Crippen LogP contribution is -2.47. The molecule has 0 atom stereocenters. The normalized spacial score (nSPS) is 13.4. The summed E-state index contributed by atoms with van der Waals surface area (Å²) in [5, 5.41) is 3.71. The monoisotopic (exact) mass is 493 g/mol. The fourth-order valence-corrected chi connectivity index (χ4v) is 4.70. The predicted molar refractivity (Wildman–Crippen MR) is 141 cm³/mol. The Balaban J connectivity index is 1.37. The highest BCUT2D eigenvalue weighted by Gasteiger charge is 2.22. The highest BCUT2D eigenvalue weighted by molar-refractivity contribution is 8.00. The van der Waals surface area contributed by atoms with Crippen molar-refractivity contribution in [3.05, 3.63) is 60.9 Å². The number of hydrogen-bond acceptors (Lipinski definition) is 8. The number of aromatic nitrogens is 2. The molecule has 35 heavy (non-hydrogen) atoms. The van der Waals surface area contributed by atoms with Crippen molar-refractivity contribution in [2.45, 2.75) is 18.9 Å². The summed E-state index contributed by atoms with van der Waals surface area (Å²) in [7, 11) is 0. The zero-order valence-electron chi connectivity index (χ0n) is 20.1. The Morgan fingerprint density at radius 1 is 0.943 bits per heavy atom. The first-order valence-electron chi connectivity index (χ1n) is 11.9. The van der Waals surface area contributed by atoms with Crippen LogP contribution in [0.4, 0.5) is 17.2 Å². The van der Waals surface area contributed by atoms with Crippen LogP contribution < -0.4 is 24.6 Å². The number of anilines is 3. The molecule has 0 aliphatic carbocycles. The van der Waals surface area contributed by atoms with Gasteiger partial charge in [0.25, 0.3) is 0 Å². The zero-order chi connectivity index (χ0) is 24.5. The van der Waals surface area contributed by atoms with Gasteiger partial charge < -0.3 is 24.6 Å². The first kappa shape index (κ1) is 24.7. The SMILES string of the molecule is CCOc1ccc(OCC)c(NC(=O)CSc2nccnc2N2CCN(c3ccccc3)CC2)c1. The second-order valence-corrected chi connectivity index (χ2v) is 8.82. The molecule has 3 aromatic rings. The molecule has 9 heteroatoms. The van der Waals surface area contributed by atoms with E-state index >= 15 is 0 Å². The standard InChI is InChI=1S/C26H31N5O3S/c1-3-33-21-10-11-23(34-4-2)22(18-21)29-24(32)19-35-26-25(27-12-13-28-26)31-16-14-30(15-17-31)20-8-6-5-7-9-20/h5-13,18H,3-4,14-17,19H2,1-2H3,(H,29,32). The average molecular weight is 494 g/mol. The molecule has 1 fully saturated rings. The van der Waals surface area contributed by atoms with Gasteiger partial charge in [-0.15, -0.1) is 0 Å². The van der Waals surface area contributed by atoms with Gasteiger partial charge >= 0.3 is 0 Å². The third-order valence-corrected chi connectivity index (χ3v) is 6.49. The molecule has 0 saturated carbocycles. The summed E-state index contributed by atoms with van der Waals surface area (Å²) in [6, 6.07) is 15.9. The summed E-state index contributed by atoms with van der Waals surface area (Å²) in [6.45, 7) is 8.38. The second kappa shape index (κ2) is 12.3. The Hall–Kier alpha value is -3.46. The summed E-state index contributed by atoms with van der Waals surface area (Å²) in [4.78, 5) is 26.5. The number of ether oxygens (including phenoxy) is 2. The molecule has 1 saturated heterocycles. The molecule has 0 radical (unpaired) electrons. The van der Waals surface area contributed by atoms with Crippen LogP contribution >= 0.6 is 11.8 Å². The maximum atomic E-state index is 12.8. The van der Waals surface area contributed by atoms with Gasteiger partial charge in [-0.25, -0.2) is 9.97 Å². The highest BCUT2D eigenvalue weighted by atomic mass is 32.2. The Kier molecular flexibility index (Phi) is 8.67. The van der Waals surface area contributed by atoms with Crippen LogP contribution in [0.2, 0.25) is 0 Å². The molecule has 2 aromatic carbocycles. The third kappa shape index (κ3) is 6.57. The van der Waals surface area contributed by atoms with Crippen molar-refractivity contribution >= 4 is 34.9 Å². The van der Waals surface area contributed by atoms with Crippen LogP contribution in [-0.2, 0) is 4.79 Å². The second-order valence-electron chi connectivity index (χ2n) is 7.86. The Morgan fingerprint density at radius 3 is 2.40 bits per heavy atom. The van der Waals surface area contributed by atoms with Crippen LogP contribution in [0.5, 0.6) is 11.5 Å². The Labute approximate surface area is 210 Å². The number of thioether (sulfide) groups is 1. The molecule has 1 amide bonds. The minimum atomic E-state index is -0.143. The molecular weight excluding hydrogens is 462 g/mol. The van der Waals surface area contributed by atoms with E-state index in [4.69, 9.17) is 9.47 Å². The van der Waals surface area contributed by atoms with E-state index in [2.05, 4.69) is 49.4 Å². The van der Waals surface area contributed by atoms with E-state index in [0.717, 1.165) is 37.0 Å². The molecule has 4 rings (SSSR count). The average Bonchev–Trinajstić information content (AvgIpc) is 2.90. The van der Waals surface area contributed by atoms with Crippen LogP contribution in [-0.4, -0.2) is 61.0 Å². The van der Waals surface area contributed by atoms with Crippen LogP contribution in [0.15, 0.2) is 66.0 Å². The Morgan fingerprint density at radius 2 is 1.66 bits per heavy atom. The molecule has 1 aromatic heterocycles. The van der Waals surface area contributed by atoms with Gasteiger partial charge in [-0.2, -0.15) is 0 Å². The van der Waals surface area contributed by atoms with Crippen molar-refractivity contribution in [3.63, 3.8) is 0 Å². The number of hydrogen-bond donors (Lipinski definition) is 1. The number of benzene rings is 2. The van der Waals surface area contributed by atoms with Crippen molar-refractivity contribution in [1.82, 2.24) is 9.97 Å². The first-order valence-corrected chi connectivity index (χ1v) is 12.8. The van der Waals surface area contributed by atoms with Crippen LogP contribution in [0.25, 0.3) is 0 Å². The van der Waals surface area contributed by atoms with Crippen molar-refractivity contribution < 1.29 is 14.3 Å². The van der Waals surface area contributed by atoms with Crippen molar-refractivity contribution in [3.8, 4) is 11.5 Å². The van der Waals surface area contributed by atoms with Crippen LogP contribution in [0, 0.1) is 0 Å². The van der Waals surface area contributed by atoms with Gasteiger partial charge in [-0.05, 0) is 38.1 Å².